The van der Waals surface area contributed by atoms with Crippen molar-refractivity contribution in [3.05, 3.63) is 12.2 Å². The molecule has 0 spiro atoms. The van der Waals surface area contributed by atoms with Crippen LogP contribution in [-0.2, 0) is 0 Å². The minimum atomic E-state index is 0.330. The summed E-state index contributed by atoms with van der Waals surface area (Å²) in [6, 6.07) is 0. The number of fused-ring (bicyclic) bond motifs is 2. The molecule has 0 aliphatic heterocycles. The van der Waals surface area contributed by atoms with Crippen LogP contribution in [0.4, 0.5) is 0 Å². The van der Waals surface area contributed by atoms with Crippen molar-refractivity contribution >= 4 is 0 Å². The van der Waals surface area contributed by atoms with E-state index in [1.165, 1.54) is 31.3 Å². The SMILES string of the molecule is C=C1[C@@H]2CC[C@@H](C2)[C@@]1(C)CCC(C)CO. The lowest BCUT2D eigenvalue weighted by atomic mass is 9.68. The number of hydrogen-bond acceptors (Lipinski definition) is 1. The van der Waals surface area contributed by atoms with Crippen molar-refractivity contribution < 1.29 is 5.11 Å². The van der Waals surface area contributed by atoms with Crippen LogP contribution in [0.25, 0.3) is 0 Å². The Labute approximate surface area is 93.6 Å². The molecule has 2 aliphatic carbocycles. The Bertz CT molecular complexity index is 258. The maximum atomic E-state index is 9.07. The second-order valence-corrected chi connectivity index (χ2v) is 5.98. The van der Waals surface area contributed by atoms with Gasteiger partial charge in [0, 0.05) is 6.61 Å². The third kappa shape index (κ3) is 1.75. The Morgan fingerprint density at radius 2 is 2.27 bits per heavy atom. The summed E-state index contributed by atoms with van der Waals surface area (Å²) >= 11 is 0. The van der Waals surface area contributed by atoms with E-state index in [1.54, 1.807) is 0 Å². The van der Waals surface area contributed by atoms with Crippen LogP contribution < -0.4 is 0 Å². The third-order valence-electron chi connectivity index (χ3n) is 5.03. The van der Waals surface area contributed by atoms with Crippen LogP contribution in [-0.4, -0.2) is 11.7 Å². The summed E-state index contributed by atoms with van der Waals surface area (Å²) in [7, 11) is 0. The smallest absolute Gasteiger partial charge is 0.0456 e. The molecule has 2 fully saturated rings. The molecule has 0 amide bonds. The summed E-state index contributed by atoms with van der Waals surface area (Å²) in [5.41, 5.74) is 1.91. The Morgan fingerprint density at radius 1 is 1.53 bits per heavy atom. The van der Waals surface area contributed by atoms with Gasteiger partial charge in [0.15, 0.2) is 0 Å². The maximum Gasteiger partial charge on any atom is 0.0456 e. The van der Waals surface area contributed by atoms with Crippen LogP contribution in [0.5, 0.6) is 0 Å². The first-order chi connectivity index (χ1) is 7.08. The van der Waals surface area contributed by atoms with E-state index in [2.05, 4.69) is 20.4 Å². The topological polar surface area (TPSA) is 20.2 Å². The van der Waals surface area contributed by atoms with Crippen molar-refractivity contribution in [2.75, 3.05) is 6.61 Å². The molecule has 2 aliphatic rings. The van der Waals surface area contributed by atoms with E-state index in [0.29, 0.717) is 17.9 Å². The average Bonchev–Trinajstić information content (AvgIpc) is 2.80. The molecule has 1 heteroatoms. The first-order valence-electron chi connectivity index (χ1n) is 6.38. The van der Waals surface area contributed by atoms with E-state index in [9.17, 15) is 0 Å². The van der Waals surface area contributed by atoms with Gasteiger partial charge in [-0.25, -0.2) is 0 Å². The highest BCUT2D eigenvalue weighted by atomic mass is 16.3. The van der Waals surface area contributed by atoms with Crippen LogP contribution in [0.15, 0.2) is 12.2 Å². The largest absolute Gasteiger partial charge is 0.396 e. The lowest BCUT2D eigenvalue weighted by Crippen LogP contribution is -2.27. The zero-order valence-electron chi connectivity index (χ0n) is 10.1. The van der Waals surface area contributed by atoms with Gasteiger partial charge in [-0.1, -0.05) is 26.0 Å². The Kier molecular flexibility index (Phi) is 2.94. The normalized spacial score (nSPS) is 41.1. The van der Waals surface area contributed by atoms with Crippen molar-refractivity contribution in [1.29, 1.82) is 0 Å². The first kappa shape index (κ1) is 11.2. The van der Waals surface area contributed by atoms with Gasteiger partial charge in [0.05, 0.1) is 0 Å². The molecule has 1 nitrogen and oxygen atoms in total. The van der Waals surface area contributed by atoms with E-state index in [4.69, 9.17) is 5.11 Å². The third-order valence-corrected chi connectivity index (χ3v) is 5.03. The lowest BCUT2D eigenvalue weighted by Gasteiger charge is -2.37. The summed E-state index contributed by atoms with van der Waals surface area (Å²) in [6.07, 6.45) is 6.56. The standard InChI is InChI=1S/C14H24O/c1-10(9-15)6-7-14(3)11(2)12-4-5-13(14)8-12/h10,12-13,15H,2,4-9H2,1,3H3/t10?,12-,13+,14+/m1/s1. The summed E-state index contributed by atoms with van der Waals surface area (Å²) in [6.45, 7) is 9.21. The minimum Gasteiger partial charge on any atom is -0.396 e. The summed E-state index contributed by atoms with van der Waals surface area (Å²) in [4.78, 5) is 0. The zero-order chi connectivity index (χ0) is 11.1. The summed E-state index contributed by atoms with van der Waals surface area (Å²) < 4.78 is 0. The van der Waals surface area contributed by atoms with E-state index >= 15 is 0 Å². The van der Waals surface area contributed by atoms with Gasteiger partial charge in [0.25, 0.3) is 0 Å². The van der Waals surface area contributed by atoms with Crippen molar-refractivity contribution in [3.8, 4) is 0 Å². The van der Waals surface area contributed by atoms with Gasteiger partial charge >= 0.3 is 0 Å². The molecule has 0 saturated heterocycles. The van der Waals surface area contributed by atoms with E-state index < -0.39 is 0 Å². The van der Waals surface area contributed by atoms with Crippen molar-refractivity contribution in [1.82, 2.24) is 0 Å². The molecule has 0 aromatic carbocycles. The molecule has 2 rings (SSSR count). The zero-order valence-corrected chi connectivity index (χ0v) is 10.1. The van der Waals surface area contributed by atoms with Crippen LogP contribution in [0, 0.1) is 23.2 Å². The molecule has 0 aromatic rings. The van der Waals surface area contributed by atoms with Gasteiger partial charge in [0.1, 0.15) is 0 Å². The van der Waals surface area contributed by atoms with Gasteiger partial charge in [-0.2, -0.15) is 0 Å². The number of aliphatic hydroxyl groups excluding tert-OH is 1. The fourth-order valence-electron chi connectivity index (χ4n) is 3.61. The molecule has 0 aromatic heterocycles. The lowest BCUT2D eigenvalue weighted by molar-refractivity contribution is 0.184. The fourth-order valence-corrected chi connectivity index (χ4v) is 3.61. The van der Waals surface area contributed by atoms with Crippen molar-refractivity contribution in [3.63, 3.8) is 0 Å². The van der Waals surface area contributed by atoms with E-state index in [0.717, 1.165) is 18.3 Å². The van der Waals surface area contributed by atoms with Crippen LogP contribution in [0.2, 0.25) is 0 Å². The highest BCUT2D eigenvalue weighted by molar-refractivity contribution is 5.24. The number of rotatable bonds is 4. The Morgan fingerprint density at radius 3 is 2.80 bits per heavy atom. The molecule has 2 saturated carbocycles. The second kappa shape index (κ2) is 3.93. The molecule has 4 atom stereocenters. The fraction of sp³-hybridized carbons (Fsp3) is 0.857. The number of allylic oxidation sites excluding steroid dienone is 1. The molecule has 1 unspecified atom stereocenters. The Hall–Kier alpha value is -0.300. The second-order valence-electron chi connectivity index (χ2n) is 5.98. The molecule has 86 valence electrons. The predicted molar refractivity (Wildman–Crippen MR) is 63.6 cm³/mol. The first-order valence-corrected chi connectivity index (χ1v) is 6.38. The molecule has 15 heavy (non-hydrogen) atoms. The number of aliphatic hydroxyl groups is 1. The van der Waals surface area contributed by atoms with Crippen LogP contribution in [0.1, 0.15) is 46.0 Å². The molecule has 1 N–H and O–H groups in total. The van der Waals surface area contributed by atoms with E-state index in [-0.39, 0.29) is 0 Å². The quantitative estimate of drug-likeness (QED) is 0.702. The minimum absolute atomic E-state index is 0.330. The number of hydrogen-bond donors (Lipinski definition) is 1. The van der Waals surface area contributed by atoms with Crippen LogP contribution in [0.3, 0.4) is 0 Å². The van der Waals surface area contributed by atoms with Crippen LogP contribution >= 0.6 is 0 Å². The molecular formula is C14H24O. The van der Waals surface area contributed by atoms with Gasteiger partial charge in [0.2, 0.25) is 0 Å². The maximum absolute atomic E-state index is 9.07. The summed E-state index contributed by atoms with van der Waals surface area (Å²) in [5, 5.41) is 9.07. The molecule has 0 heterocycles. The van der Waals surface area contributed by atoms with E-state index in [1.807, 2.05) is 0 Å². The highest BCUT2D eigenvalue weighted by Gasteiger charge is 2.50. The summed E-state index contributed by atoms with van der Waals surface area (Å²) in [5.74, 6) is 2.17. The predicted octanol–water partition coefficient (Wildman–Crippen LogP) is 3.39. The van der Waals surface area contributed by atoms with Gasteiger partial charge < -0.3 is 5.11 Å². The molecular weight excluding hydrogens is 184 g/mol. The molecule has 2 bridgehead atoms. The van der Waals surface area contributed by atoms with Crippen molar-refractivity contribution in [2.24, 2.45) is 23.2 Å². The highest BCUT2D eigenvalue weighted by Crippen LogP contribution is 2.60. The van der Waals surface area contributed by atoms with Crippen molar-refractivity contribution in [2.45, 2.75) is 46.0 Å². The monoisotopic (exact) mass is 208 g/mol. The Balaban J connectivity index is 1.98. The molecule has 0 radical (unpaired) electrons. The van der Waals surface area contributed by atoms with Gasteiger partial charge in [-0.15, -0.1) is 0 Å². The average molecular weight is 208 g/mol. The van der Waals surface area contributed by atoms with Gasteiger partial charge in [-0.05, 0) is 55.3 Å². The van der Waals surface area contributed by atoms with Gasteiger partial charge in [-0.3, -0.25) is 0 Å².